The Bertz CT molecular complexity index is 570. The Kier molecular flexibility index (Phi) is 6.95. The second-order valence-electron chi connectivity index (χ2n) is 4.75. The highest BCUT2D eigenvalue weighted by atomic mass is 32.2. The van der Waals surface area contributed by atoms with Crippen molar-refractivity contribution in [2.24, 2.45) is 0 Å². The predicted octanol–water partition coefficient (Wildman–Crippen LogP) is 3.04. The van der Waals surface area contributed by atoms with Crippen molar-refractivity contribution in [2.45, 2.75) is 12.5 Å². The SMILES string of the molecule is COCCNC(=O)N[C@@H](CCSC)c1nc2ccccc2s1. The van der Waals surface area contributed by atoms with Crippen LogP contribution in [0.2, 0.25) is 0 Å². The van der Waals surface area contributed by atoms with E-state index in [4.69, 9.17) is 4.74 Å². The van der Waals surface area contributed by atoms with E-state index in [0.717, 1.165) is 27.4 Å². The molecule has 0 spiro atoms. The van der Waals surface area contributed by atoms with E-state index in [-0.39, 0.29) is 12.1 Å². The van der Waals surface area contributed by atoms with Crippen LogP contribution in [0, 0.1) is 0 Å². The van der Waals surface area contributed by atoms with Crippen LogP contribution in [0.4, 0.5) is 4.79 Å². The van der Waals surface area contributed by atoms with Crippen LogP contribution in [-0.2, 0) is 4.74 Å². The molecule has 1 aromatic carbocycles. The Morgan fingerprint density at radius 3 is 3.00 bits per heavy atom. The van der Waals surface area contributed by atoms with Gasteiger partial charge in [0, 0.05) is 13.7 Å². The molecule has 0 radical (unpaired) electrons. The monoisotopic (exact) mass is 339 g/mol. The molecule has 0 aliphatic rings. The number of nitrogens with one attached hydrogen (secondary N) is 2. The van der Waals surface area contributed by atoms with Crippen molar-refractivity contribution < 1.29 is 9.53 Å². The van der Waals surface area contributed by atoms with E-state index >= 15 is 0 Å². The third-order valence-electron chi connectivity index (χ3n) is 3.12. The van der Waals surface area contributed by atoms with E-state index in [1.165, 1.54) is 0 Å². The number of hydrogen-bond donors (Lipinski definition) is 2. The minimum Gasteiger partial charge on any atom is -0.383 e. The van der Waals surface area contributed by atoms with Gasteiger partial charge in [-0.05, 0) is 30.6 Å². The number of ether oxygens (including phenoxy) is 1. The zero-order valence-electron chi connectivity index (χ0n) is 12.8. The predicted molar refractivity (Wildman–Crippen MR) is 93.8 cm³/mol. The molecule has 0 fully saturated rings. The van der Waals surface area contributed by atoms with E-state index in [1.54, 1.807) is 30.2 Å². The highest BCUT2D eigenvalue weighted by molar-refractivity contribution is 7.98. The topological polar surface area (TPSA) is 63.2 Å². The van der Waals surface area contributed by atoms with Gasteiger partial charge in [-0.2, -0.15) is 11.8 Å². The second kappa shape index (κ2) is 8.97. The van der Waals surface area contributed by atoms with E-state index in [9.17, 15) is 4.79 Å². The Labute approximate surface area is 138 Å². The molecule has 1 atom stereocenters. The summed E-state index contributed by atoms with van der Waals surface area (Å²) < 4.78 is 6.08. The van der Waals surface area contributed by atoms with Gasteiger partial charge in [0.25, 0.3) is 0 Å². The molecule has 7 heteroatoms. The molecule has 5 nitrogen and oxygen atoms in total. The average Bonchev–Trinajstić information content (AvgIpc) is 2.95. The van der Waals surface area contributed by atoms with E-state index < -0.39 is 0 Å². The minimum absolute atomic E-state index is 0.0626. The van der Waals surface area contributed by atoms with Crippen LogP contribution in [0.1, 0.15) is 17.5 Å². The fraction of sp³-hybridized carbons (Fsp3) is 0.467. The van der Waals surface area contributed by atoms with Crippen LogP contribution in [0.3, 0.4) is 0 Å². The van der Waals surface area contributed by atoms with Crippen LogP contribution in [0.15, 0.2) is 24.3 Å². The van der Waals surface area contributed by atoms with Gasteiger partial charge in [-0.1, -0.05) is 12.1 Å². The van der Waals surface area contributed by atoms with Crippen molar-refractivity contribution in [2.75, 3.05) is 32.3 Å². The highest BCUT2D eigenvalue weighted by Gasteiger charge is 2.18. The molecule has 0 aliphatic carbocycles. The van der Waals surface area contributed by atoms with Gasteiger partial charge in [-0.25, -0.2) is 9.78 Å². The summed E-state index contributed by atoms with van der Waals surface area (Å²) in [5.41, 5.74) is 0.984. The maximum atomic E-state index is 12.0. The lowest BCUT2D eigenvalue weighted by molar-refractivity contribution is 0.195. The normalized spacial score (nSPS) is 12.3. The number of hydrogen-bond acceptors (Lipinski definition) is 5. The molecule has 1 aromatic heterocycles. The molecule has 0 unspecified atom stereocenters. The van der Waals surface area contributed by atoms with Crippen molar-refractivity contribution in [3.05, 3.63) is 29.3 Å². The van der Waals surface area contributed by atoms with Gasteiger partial charge in [-0.15, -0.1) is 11.3 Å². The van der Waals surface area contributed by atoms with Crippen molar-refractivity contribution in [1.82, 2.24) is 15.6 Å². The van der Waals surface area contributed by atoms with Gasteiger partial charge in [-0.3, -0.25) is 0 Å². The summed E-state index contributed by atoms with van der Waals surface area (Å²) in [6.45, 7) is 1.00. The van der Waals surface area contributed by atoms with Crippen molar-refractivity contribution >= 4 is 39.3 Å². The summed E-state index contributed by atoms with van der Waals surface area (Å²) in [6, 6.07) is 7.80. The molecule has 0 saturated carbocycles. The molecule has 0 aliphatic heterocycles. The Morgan fingerprint density at radius 1 is 1.45 bits per heavy atom. The Hall–Kier alpha value is -1.31. The highest BCUT2D eigenvalue weighted by Crippen LogP contribution is 2.28. The minimum atomic E-state index is -0.178. The lowest BCUT2D eigenvalue weighted by atomic mass is 10.2. The van der Waals surface area contributed by atoms with Gasteiger partial charge < -0.3 is 15.4 Å². The molecule has 1 heterocycles. The first-order chi connectivity index (χ1) is 10.7. The largest absolute Gasteiger partial charge is 0.383 e. The number of thioether (sulfide) groups is 1. The van der Waals surface area contributed by atoms with Crippen molar-refractivity contribution in [3.8, 4) is 0 Å². The maximum absolute atomic E-state index is 12.0. The van der Waals surface area contributed by atoms with Crippen LogP contribution < -0.4 is 10.6 Å². The number of para-hydroxylation sites is 1. The number of nitrogens with zero attached hydrogens (tertiary/aromatic N) is 1. The molecule has 2 N–H and O–H groups in total. The number of fused-ring (bicyclic) bond motifs is 1. The average molecular weight is 339 g/mol. The van der Waals surface area contributed by atoms with Crippen molar-refractivity contribution in [3.63, 3.8) is 0 Å². The third-order valence-corrected chi connectivity index (χ3v) is 4.91. The number of carbonyl (C=O) groups is 1. The number of urea groups is 1. The van der Waals surface area contributed by atoms with E-state index in [0.29, 0.717) is 13.2 Å². The zero-order chi connectivity index (χ0) is 15.8. The number of benzene rings is 1. The van der Waals surface area contributed by atoms with E-state index in [1.807, 2.05) is 18.2 Å². The second-order valence-corrected chi connectivity index (χ2v) is 6.79. The van der Waals surface area contributed by atoms with Gasteiger partial charge in [0.1, 0.15) is 5.01 Å². The van der Waals surface area contributed by atoms with Gasteiger partial charge in [0.2, 0.25) is 0 Å². The van der Waals surface area contributed by atoms with Gasteiger partial charge in [0.05, 0.1) is 22.9 Å². The van der Waals surface area contributed by atoms with Crippen LogP contribution in [0.25, 0.3) is 10.2 Å². The van der Waals surface area contributed by atoms with E-state index in [2.05, 4.69) is 27.9 Å². The molecule has 22 heavy (non-hydrogen) atoms. The quantitative estimate of drug-likeness (QED) is 0.726. The van der Waals surface area contributed by atoms with Gasteiger partial charge in [0.15, 0.2) is 0 Å². The first-order valence-electron chi connectivity index (χ1n) is 7.12. The smallest absolute Gasteiger partial charge is 0.315 e. The molecule has 2 amide bonds. The lowest BCUT2D eigenvalue weighted by Crippen LogP contribution is -2.39. The number of thiazole rings is 1. The summed E-state index contributed by atoms with van der Waals surface area (Å²) in [6.07, 6.45) is 2.92. The van der Waals surface area contributed by atoms with Crippen LogP contribution in [-0.4, -0.2) is 43.3 Å². The summed E-state index contributed by atoms with van der Waals surface area (Å²) in [7, 11) is 1.61. The summed E-state index contributed by atoms with van der Waals surface area (Å²) in [5, 5.41) is 6.76. The van der Waals surface area contributed by atoms with Crippen LogP contribution in [0.5, 0.6) is 0 Å². The number of rotatable bonds is 8. The zero-order valence-corrected chi connectivity index (χ0v) is 14.4. The van der Waals surface area contributed by atoms with Crippen molar-refractivity contribution in [1.29, 1.82) is 0 Å². The standard InChI is InChI=1S/C15H21N3O2S2/c1-20-9-8-16-15(19)18-12(7-10-21-2)14-17-11-5-3-4-6-13(11)22-14/h3-6,12H,7-10H2,1-2H3,(H2,16,18,19)/t12-/m0/s1. The van der Waals surface area contributed by atoms with Crippen LogP contribution >= 0.6 is 23.1 Å². The molecule has 0 saturated heterocycles. The molecular weight excluding hydrogens is 318 g/mol. The number of aromatic nitrogens is 1. The summed E-state index contributed by atoms with van der Waals surface area (Å²) in [5.74, 6) is 0.971. The molecule has 120 valence electrons. The fourth-order valence-corrected chi connectivity index (χ4v) is 3.53. The Balaban J connectivity index is 2.06. The molecule has 2 rings (SSSR count). The number of carbonyl (C=O) groups excluding carboxylic acids is 1. The first-order valence-corrected chi connectivity index (χ1v) is 9.33. The molecule has 0 bridgehead atoms. The molecule has 2 aromatic rings. The Morgan fingerprint density at radius 2 is 2.27 bits per heavy atom. The lowest BCUT2D eigenvalue weighted by Gasteiger charge is -2.16. The maximum Gasteiger partial charge on any atom is 0.315 e. The van der Waals surface area contributed by atoms with Gasteiger partial charge >= 0.3 is 6.03 Å². The molecular formula is C15H21N3O2S2. The fourth-order valence-electron chi connectivity index (χ4n) is 2.01. The number of amides is 2. The number of methoxy groups -OCH3 is 1. The summed E-state index contributed by atoms with van der Waals surface area (Å²) >= 11 is 3.40. The third kappa shape index (κ3) is 4.86. The first kappa shape index (κ1) is 17.1. The summed E-state index contributed by atoms with van der Waals surface area (Å²) in [4.78, 5) is 16.6.